The molecule has 0 bridgehead atoms. The van der Waals surface area contributed by atoms with Crippen molar-refractivity contribution in [1.29, 1.82) is 0 Å². The molecule has 2 unspecified atom stereocenters. The molecular weight excluding hydrogens is 291 g/mol. The first-order valence-electron chi connectivity index (χ1n) is 7.42. The molecule has 0 aliphatic heterocycles. The third kappa shape index (κ3) is 2.39. The van der Waals surface area contributed by atoms with Crippen molar-refractivity contribution in [2.45, 2.75) is 44.5 Å². The number of halogens is 2. The molecule has 21 heavy (non-hydrogen) atoms. The van der Waals surface area contributed by atoms with Crippen LogP contribution in [-0.4, -0.2) is 16.7 Å². The van der Waals surface area contributed by atoms with Crippen LogP contribution in [0.4, 0.5) is 4.39 Å². The van der Waals surface area contributed by atoms with E-state index in [0.29, 0.717) is 17.5 Å². The van der Waals surface area contributed by atoms with Crippen LogP contribution in [-0.2, 0) is 0 Å². The molecule has 1 fully saturated rings. The van der Waals surface area contributed by atoms with E-state index >= 15 is 0 Å². The summed E-state index contributed by atoms with van der Waals surface area (Å²) in [5.41, 5.74) is 1.54. The van der Waals surface area contributed by atoms with Crippen LogP contribution < -0.4 is 4.74 Å². The van der Waals surface area contributed by atoms with Crippen LogP contribution in [0.5, 0.6) is 5.75 Å². The Labute approximate surface area is 129 Å². The summed E-state index contributed by atoms with van der Waals surface area (Å²) < 4.78 is 21.2. The number of rotatable bonds is 4. The summed E-state index contributed by atoms with van der Waals surface area (Å²) in [5.74, 6) is 1.31. The molecule has 1 heterocycles. The van der Waals surface area contributed by atoms with Gasteiger partial charge in [0.1, 0.15) is 5.82 Å². The summed E-state index contributed by atoms with van der Waals surface area (Å²) >= 11 is 6.29. The number of alkyl halides is 1. The number of imidazole rings is 1. The number of fused-ring (bicyclic) bond motifs is 1. The summed E-state index contributed by atoms with van der Waals surface area (Å²) in [7, 11) is 1.48. The van der Waals surface area contributed by atoms with Crippen molar-refractivity contribution in [2.75, 3.05) is 7.11 Å². The predicted molar refractivity (Wildman–Crippen MR) is 82.6 cm³/mol. The van der Waals surface area contributed by atoms with E-state index in [4.69, 9.17) is 16.3 Å². The standard InChI is InChI=1S/C16H20ClFN2O/c1-9(17)16-19-13-7-12(18)15(21-3)8-14(13)20(16)10(2)11-5-4-6-11/h7-11H,4-6H2,1-3H3. The second-order valence-electron chi connectivity index (χ2n) is 5.86. The van der Waals surface area contributed by atoms with Crippen LogP contribution >= 0.6 is 11.6 Å². The number of nitrogens with zero attached hydrogens (tertiary/aromatic N) is 2. The van der Waals surface area contributed by atoms with Crippen LogP contribution in [0.1, 0.15) is 50.4 Å². The Balaban J connectivity index is 2.19. The highest BCUT2D eigenvalue weighted by Gasteiger charge is 2.29. The first kappa shape index (κ1) is 14.6. The van der Waals surface area contributed by atoms with E-state index in [1.165, 1.54) is 32.4 Å². The SMILES string of the molecule is COc1cc2c(cc1F)nc(C(C)Cl)n2C(C)C1CCC1. The topological polar surface area (TPSA) is 27.1 Å². The highest BCUT2D eigenvalue weighted by atomic mass is 35.5. The fourth-order valence-corrected chi connectivity index (χ4v) is 3.27. The lowest BCUT2D eigenvalue weighted by Gasteiger charge is -2.33. The van der Waals surface area contributed by atoms with Crippen LogP contribution in [0.15, 0.2) is 12.1 Å². The average molecular weight is 311 g/mol. The highest BCUT2D eigenvalue weighted by Crippen LogP contribution is 2.40. The van der Waals surface area contributed by atoms with Gasteiger partial charge in [0.15, 0.2) is 11.6 Å². The van der Waals surface area contributed by atoms with Crippen molar-refractivity contribution >= 4 is 22.6 Å². The molecule has 0 amide bonds. The largest absolute Gasteiger partial charge is 0.494 e. The molecule has 3 nitrogen and oxygen atoms in total. The van der Waals surface area contributed by atoms with Gasteiger partial charge in [-0.1, -0.05) is 6.42 Å². The Kier molecular flexibility index (Phi) is 3.82. The molecule has 0 saturated heterocycles. The van der Waals surface area contributed by atoms with Crippen molar-refractivity contribution in [1.82, 2.24) is 9.55 Å². The summed E-state index contributed by atoms with van der Waals surface area (Å²) in [4.78, 5) is 4.55. The highest BCUT2D eigenvalue weighted by molar-refractivity contribution is 6.20. The molecule has 0 spiro atoms. The van der Waals surface area contributed by atoms with Gasteiger partial charge in [-0.05, 0) is 32.6 Å². The van der Waals surface area contributed by atoms with E-state index in [9.17, 15) is 4.39 Å². The fraction of sp³-hybridized carbons (Fsp3) is 0.562. The molecule has 3 rings (SSSR count). The van der Waals surface area contributed by atoms with Crippen LogP contribution in [0.2, 0.25) is 0 Å². The summed E-state index contributed by atoms with van der Waals surface area (Å²) in [6.07, 6.45) is 3.75. The van der Waals surface area contributed by atoms with E-state index in [1.807, 2.05) is 6.92 Å². The molecule has 114 valence electrons. The van der Waals surface area contributed by atoms with Gasteiger partial charge in [0.25, 0.3) is 0 Å². The Morgan fingerprint density at radius 2 is 2.10 bits per heavy atom. The van der Waals surface area contributed by atoms with Gasteiger partial charge in [0.2, 0.25) is 0 Å². The lowest BCUT2D eigenvalue weighted by Crippen LogP contribution is -2.24. The number of aromatic nitrogens is 2. The minimum Gasteiger partial charge on any atom is -0.494 e. The Morgan fingerprint density at radius 1 is 1.38 bits per heavy atom. The molecule has 0 N–H and O–H groups in total. The molecule has 0 radical (unpaired) electrons. The van der Waals surface area contributed by atoms with Gasteiger partial charge in [-0.3, -0.25) is 0 Å². The van der Waals surface area contributed by atoms with Gasteiger partial charge in [0.05, 0.1) is 23.5 Å². The van der Waals surface area contributed by atoms with Crippen molar-refractivity contribution < 1.29 is 9.13 Å². The van der Waals surface area contributed by atoms with Crippen molar-refractivity contribution in [2.24, 2.45) is 5.92 Å². The molecule has 5 heteroatoms. The van der Waals surface area contributed by atoms with Gasteiger partial charge >= 0.3 is 0 Å². The molecular formula is C16H20ClFN2O. The van der Waals surface area contributed by atoms with E-state index < -0.39 is 0 Å². The van der Waals surface area contributed by atoms with Gasteiger partial charge in [-0.2, -0.15) is 0 Å². The second kappa shape index (κ2) is 5.48. The fourth-order valence-electron chi connectivity index (χ4n) is 3.11. The first-order chi connectivity index (χ1) is 10.0. The van der Waals surface area contributed by atoms with E-state index in [-0.39, 0.29) is 16.9 Å². The molecule has 1 aliphatic carbocycles. The maximum atomic E-state index is 13.9. The van der Waals surface area contributed by atoms with Crippen molar-refractivity contribution in [3.63, 3.8) is 0 Å². The third-order valence-electron chi connectivity index (χ3n) is 4.59. The maximum Gasteiger partial charge on any atom is 0.167 e. The summed E-state index contributed by atoms with van der Waals surface area (Å²) in [6, 6.07) is 3.48. The summed E-state index contributed by atoms with van der Waals surface area (Å²) in [6.45, 7) is 4.10. The van der Waals surface area contributed by atoms with E-state index in [0.717, 1.165) is 11.3 Å². The summed E-state index contributed by atoms with van der Waals surface area (Å²) in [5, 5.41) is -0.214. The van der Waals surface area contributed by atoms with Gasteiger partial charge < -0.3 is 9.30 Å². The third-order valence-corrected chi connectivity index (χ3v) is 4.78. The predicted octanol–water partition coefficient (Wildman–Crippen LogP) is 4.84. The van der Waals surface area contributed by atoms with Gasteiger partial charge in [0, 0.05) is 18.2 Å². The smallest absolute Gasteiger partial charge is 0.167 e. The number of methoxy groups -OCH3 is 1. The second-order valence-corrected chi connectivity index (χ2v) is 6.52. The molecule has 2 atom stereocenters. The Morgan fingerprint density at radius 3 is 2.62 bits per heavy atom. The van der Waals surface area contributed by atoms with Crippen molar-refractivity contribution in [3.8, 4) is 5.75 Å². The molecule has 1 aliphatic rings. The molecule has 1 aromatic heterocycles. The lowest BCUT2D eigenvalue weighted by atomic mass is 9.80. The van der Waals surface area contributed by atoms with Crippen LogP contribution in [0.3, 0.4) is 0 Å². The minimum absolute atomic E-state index is 0.214. The quantitative estimate of drug-likeness (QED) is 0.755. The number of ether oxygens (including phenoxy) is 1. The van der Waals surface area contributed by atoms with E-state index in [1.54, 1.807) is 6.07 Å². The lowest BCUT2D eigenvalue weighted by molar-refractivity contribution is 0.222. The molecule has 1 saturated carbocycles. The molecule has 2 aromatic rings. The minimum atomic E-state index is -0.389. The Hall–Kier alpha value is -1.29. The first-order valence-corrected chi connectivity index (χ1v) is 7.86. The molecule has 1 aromatic carbocycles. The van der Waals surface area contributed by atoms with E-state index in [2.05, 4.69) is 16.5 Å². The number of hydrogen-bond donors (Lipinski definition) is 0. The van der Waals surface area contributed by atoms with Gasteiger partial charge in [-0.15, -0.1) is 11.6 Å². The van der Waals surface area contributed by atoms with Crippen LogP contribution in [0, 0.1) is 11.7 Å². The Bertz CT molecular complexity index is 664. The monoisotopic (exact) mass is 310 g/mol. The maximum absolute atomic E-state index is 13.9. The van der Waals surface area contributed by atoms with Crippen molar-refractivity contribution in [3.05, 3.63) is 23.8 Å². The zero-order valence-corrected chi connectivity index (χ0v) is 13.3. The normalized spacial score (nSPS) is 18.5. The number of hydrogen-bond acceptors (Lipinski definition) is 2. The number of benzene rings is 1. The average Bonchev–Trinajstić information content (AvgIpc) is 2.73. The van der Waals surface area contributed by atoms with Crippen LogP contribution in [0.25, 0.3) is 11.0 Å². The zero-order chi connectivity index (χ0) is 15.1. The zero-order valence-electron chi connectivity index (χ0n) is 12.6. The van der Waals surface area contributed by atoms with Gasteiger partial charge in [-0.25, -0.2) is 9.37 Å².